The maximum Gasteiger partial charge on any atom is 0.433 e. The number of nitrogens with zero attached hydrogens (tertiary/aromatic N) is 4. The molecule has 1 aliphatic rings. The fourth-order valence-electron chi connectivity index (χ4n) is 4.51. The van der Waals surface area contributed by atoms with Crippen molar-refractivity contribution in [3.63, 3.8) is 0 Å². The number of aromatic nitrogens is 4. The Balaban J connectivity index is 1.37. The zero-order chi connectivity index (χ0) is 27.2. The van der Waals surface area contributed by atoms with Crippen molar-refractivity contribution >= 4 is 26.6 Å². The minimum atomic E-state index is -4.51. The first-order chi connectivity index (χ1) is 18.0. The van der Waals surface area contributed by atoms with E-state index in [9.17, 15) is 26.4 Å². The summed E-state index contributed by atoms with van der Waals surface area (Å²) in [6, 6.07) is 11.3. The first-order valence-corrected chi connectivity index (χ1v) is 13.8. The number of pyridine rings is 1. The highest BCUT2D eigenvalue weighted by atomic mass is 32.2. The number of hydrogen-bond donors (Lipinski definition) is 1. The molecule has 1 amide bonds. The average molecular weight is 546 g/mol. The van der Waals surface area contributed by atoms with Gasteiger partial charge in [0.05, 0.1) is 35.1 Å². The van der Waals surface area contributed by atoms with Crippen molar-refractivity contribution in [2.24, 2.45) is 0 Å². The lowest BCUT2D eigenvalue weighted by atomic mass is 10.1. The molecular weight excluding hydrogens is 519 g/mol. The number of aryl methyl sites for hydroxylation is 1. The summed E-state index contributed by atoms with van der Waals surface area (Å²) >= 11 is 0. The maximum absolute atomic E-state index is 13.5. The van der Waals surface area contributed by atoms with Crippen LogP contribution in [0.2, 0.25) is 0 Å². The molecule has 1 aliphatic carbocycles. The van der Waals surface area contributed by atoms with E-state index in [4.69, 9.17) is 0 Å². The molecule has 8 nitrogen and oxygen atoms in total. The van der Waals surface area contributed by atoms with Crippen LogP contribution in [-0.2, 0) is 29.1 Å². The number of benzene rings is 1. The Morgan fingerprint density at radius 2 is 1.89 bits per heavy atom. The molecule has 200 valence electrons. The molecule has 1 aromatic carbocycles. The third-order valence-corrected chi connectivity index (χ3v) is 8.28. The molecule has 4 aromatic rings. The van der Waals surface area contributed by atoms with Gasteiger partial charge in [0.25, 0.3) is 5.91 Å². The first kappa shape index (κ1) is 26.0. The summed E-state index contributed by atoms with van der Waals surface area (Å²) < 4.78 is 67.5. The molecule has 3 heterocycles. The van der Waals surface area contributed by atoms with Crippen molar-refractivity contribution in [3.05, 3.63) is 77.0 Å². The standard InChI is InChI=1S/C26H26F3N5O3S/c1-3-38(36,37)22-8-5-19(30-14-22)13-31-25(35)17-4-9-23-18(11-17)12-21(34(23)20-6-7-20)15-33-24(26(27,28)29)10-16(2)32-33/h4-5,8-12,14,20H,3,6-7,13,15H2,1-2H3,(H,31,35). The van der Waals surface area contributed by atoms with Crippen LogP contribution < -0.4 is 5.32 Å². The Morgan fingerprint density at radius 3 is 2.53 bits per heavy atom. The van der Waals surface area contributed by atoms with Crippen molar-refractivity contribution in [1.29, 1.82) is 0 Å². The lowest BCUT2D eigenvalue weighted by Gasteiger charge is -2.13. The van der Waals surface area contributed by atoms with Gasteiger partial charge < -0.3 is 9.88 Å². The molecule has 12 heteroatoms. The van der Waals surface area contributed by atoms with Crippen molar-refractivity contribution in [2.45, 2.75) is 56.9 Å². The average Bonchev–Trinajstić information content (AvgIpc) is 3.54. The van der Waals surface area contributed by atoms with E-state index in [1.54, 1.807) is 25.1 Å². The van der Waals surface area contributed by atoms with E-state index in [0.29, 0.717) is 22.6 Å². The van der Waals surface area contributed by atoms with E-state index in [2.05, 4.69) is 15.4 Å². The number of hydrogen-bond acceptors (Lipinski definition) is 5. The first-order valence-electron chi connectivity index (χ1n) is 12.2. The van der Waals surface area contributed by atoms with Crippen LogP contribution >= 0.6 is 0 Å². The number of amides is 1. The van der Waals surface area contributed by atoms with Crippen LogP contribution in [0.5, 0.6) is 0 Å². The Hall–Kier alpha value is -3.67. The van der Waals surface area contributed by atoms with Gasteiger partial charge in [-0.25, -0.2) is 8.42 Å². The summed E-state index contributed by atoms with van der Waals surface area (Å²) in [4.78, 5) is 17.1. The number of sulfone groups is 1. The fourth-order valence-corrected chi connectivity index (χ4v) is 5.33. The number of halogens is 3. The molecule has 0 radical (unpaired) electrons. The van der Waals surface area contributed by atoms with E-state index in [1.807, 2.05) is 16.7 Å². The molecule has 1 N–H and O–H groups in total. The molecule has 3 aromatic heterocycles. The van der Waals surface area contributed by atoms with Gasteiger partial charge in [-0.1, -0.05) is 6.92 Å². The number of carbonyl (C=O) groups is 1. The van der Waals surface area contributed by atoms with Crippen molar-refractivity contribution in [1.82, 2.24) is 24.6 Å². The molecule has 1 saturated carbocycles. The number of fused-ring (bicyclic) bond motifs is 1. The van der Waals surface area contributed by atoms with Crippen LogP contribution in [0.25, 0.3) is 10.9 Å². The fraction of sp³-hybridized carbons (Fsp3) is 0.346. The molecule has 0 aliphatic heterocycles. The molecule has 38 heavy (non-hydrogen) atoms. The summed E-state index contributed by atoms with van der Waals surface area (Å²) in [6.45, 7) is 3.16. The zero-order valence-corrected chi connectivity index (χ0v) is 21.6. The number of carbonyl (C=O) groups excluding carboxylic acids is 1. The topological polar surface area (TPSA) is 98.9 Å². The molecule has 5 rings (SSSR count). The second kappa shape index (κ2) is 9.57. The van der Waals surface area contributed by atoms with Gasteiger partial charge in [-0.05, 0) is 62.2 Å². The highest BCUT2D eigenvalue weighted by molar-refractivity contribution is 7.91. The van der Waals surface area contributed by atoms with Crippen molar-refractivity contribution < 1.29 is 26.4 Å². The number of nitrogens with one attached hydrogen (secondary N) is 1. The van der Waals surface area contributed by atoms with Crippen LogP contribution in [0.4, 0.5) is 13.2 Å². The lowest BCUT2D eigenvalue weighted by molar-refractivity contribution is -0.144. The van der Waals surface area contributed by atoms with Crippen molar-refractivity contribution in [3.8, 4) is 0 Å². The van der Waals surface area contributed by atoms with Crippen molar-refractivity contribution in [2.75, 3.05) is 5.75 Å². The van der Waals surface area contributed by atoms with E-state index >= 15 is 0 Å². The molecule has 0 bridgehead atoms. The second-order valence-electron chi connectivity index (χ2n) is 9.41. The largest absolute Gasteiger partial charge is 0.433 e. The Labute approximate surface area is 217 Å². The monoisotopic (exact) mass is 545 g/mol. The van der Waals surface area contributed by atoms with Crippen LogP contribution in [-0.4, -0.2) is 39.4 Å². The molecule has 0 atom stereocenters. The van der Waals surface area contributed by atoms with Gasteiger partial charge in [0, 0.05) is 34.4 Å². The quantitative estimate of drug-likeness (QED) is 0.347. The third-order valence-electron chi connectivity index (χ3n) is 6.56. The molecule has 0 saturated heterocycles. The van der Waals surface area contributed by atoms with Crippen LogP contribution in [0, 0.1) is 6.92 Å². The second-order valence-corrected chi connectivity index (χ2v) is 11.7. The predicted octanol–water partition coefficient (Wildman–Crippen LogP) is 4.67. The minimum absolute atomic E-state index is 0.0253. The lowest BCUT2D eigenvalue weighted by Crippen LogP contribution is -2.23. The summed E-state index contributed by atoms with van der Waals surface area (Å²) in [6.07, 6.45) is -1.36. The molecule has 0 unspecified atom stereocenters. The SMILES string of the molecule is CCS(=O)(=O)c1ccc(CNC(=O)c2ccc3c(c2)cc(Cn2nc(C)cc2C(F)(F)F)n3C2CC2)nc1. The summed E-state index contributed by atoms with van der Waals surface area (Å²) in [5.74, 6) is -0.371. The molecular formula is C26H26F3N5O3S. The highest BCUT2D eigenvalue weighted by Crippen LogP contribution is 2.40. The summed E-state index contributed by atoms with van der Waals surface area (Å²) in [5, 5.41) is 7.60. The van der Waals surface area contributed by atoms with Gasteiger partial charge in [0.2, 0.25) is 0 Å². The summed E-state index contributed by atoms with van der Waals surface area (Å²) in [5.41, 5.74) is 1.95. The Kier molecular flexibility index (Phi) is 6.54. The van der Waals surface area contributed by atoms with Gasteiger partial charge >= 0.3 is 6.18 Å². The smallest absolute Gasteiger partial charge is 0.346 e. The van der Waals surface area contributed by atoms with Gasteiger partial charge in [-0.2, -0.15) is 18.3 Å². The van der Waals surface area contributed by atoms with Gasteiger partial charge in [-0.3, -0.25) is 14.5 Å². The maximum atomic E-state index is 13.5. The van der Waals surface area contributed by atoms with E-state index in [-0.39, 0.29) is 35.7 Å². The normalized spacial score (nSPS) is 14.2. The minimum Gasteiger partial charge on any atom is -0.346 e. The van der Waals surface area contributed by atoms with Crippen LogP contribution in [0.3, 0.4) is 0 Å². The van der Waals surface area contributed by atoms with E-state index < -0.39 is 21.7 Å². The predicted molar refractivity (Wildman–Crippen MR) is 134 cm³/mol. The van der Waals surface area contributed by atoms with Crippen LogP contribution in [0.15, 0.2) is 53.6 Å². The Bertz CT molecular complexity index is 1620. The summed E-state index contributed by atoms with van der Waals surface area (Å²) in [7, 11) is -3.35. The van der Waals surface area contributed by atoms with Crippen LogP contribution in [0.1, 0.15) is 58.9 Å². The number of alkyl halides is 3. The molecule has 0 spiro atoms. The van der Waals surface area contributed by atoms with E-state index in [0.717, 1.165) is 34.5 Å². The Morgan fingerprint density at radius 1 is 1.13 bits per heavy atom. The highest BCUT2D eigenvalue weighted by Gasteiger charge is 2.36. The van der Waals surface area contributed by atoms with E-state index in [1.165, 1.54) is 19.2 Å². The van der Waals surface area contributed by atoms with Gasteiger partial charge in [0.15, 0.2) is 9.84 Å². The number of rotatable bonds is 8. The molecule has 1 fully saturated rings. The van der Waals surface area contributed by atoms with Gasteiger partial charge in [-0.15, -0.1) is 0 Å². The zero-order valence-electron chi connectivity index (χ0n) is 20.8. The third kappa shape index (κ3) is 5.17. The van der Waals surface area contributed by atoms with Gasteiger partial charge in [0.1, 0.15) is 5.69 Å².